The zero-order valence-corrected chi connectivity index (χ0v) is 17.8. The van der Waals surface area contributed by atoms with Crippen LogP contribution in [0.3, 0.4) is 0 Å². The van der Waals surface area contributed by atoms with Gasteiger partial charge in [-0.05, 0) is 54.4 Å². The molecule has 0 spiro atoms. The van der Waals surface area contributed by atoms with Gasteiger partial charge < -0.3 is 19.4 Å². The molecular formula is C24H31N3O2. The van der Waals surface area contributed by atoms with Gasteiger partial charge in [0.05, 0.1) is 13.2 Å². The summed E-state index contributed by atoms with van der Waals surface area (Å²) in [6, 6.07) is 16.3. The lowest BCUT2D eigenvalue weighted by molar-refractivity contribution is 0.0701. The minimum atomic E-state index is 0.114. The summed E-state index contributed by atoms with van der Waals surface area (Å²) in [6.45, 7) is 6.26. The Morgan fingerprint density at radius 2 is 1.72 bits per heavy atom. The van der Waals surface area contributed by atoms with Gasteiger partial charge in [0.1, 0.15) is 5.75 Å². The van der Waals surface area contributed by atoms with Crippen molar-refractivity contribution in [1.82, 2.24) is 9.80 Å². The topological polar surface area (TPSA) is 36.0 Å². The molecule has 5 heteroatoms. The third-order valence-corrected chi connectivity index (χ3v) is 6.54. The molecule has 2 fully saturated rings. The Bertz CT molecular complexity index is 847. The summed E-state index contributed by atoms with van der Waals surface area (Å²) in [5.74, 6) is 2.00. The first kappa shape index (κ1) is 19.8. The van der Waals surface area contributed by atoms with E-state index in [4.69, 9.17) is 4.74 Å². The summed E-state index contributed by atoms with van der Waals surface area (Å²) in [5, 5.41) is 0. The fraction of sp³-hybridized carbons (Fsp3) is 0.458. The van der Waals surface area contributed by atoms with Crippen LogP contribution >= 0.6 is 0 Å². The van der Waals surface area contributed by atoms with E-state index in [9.17, 15) is 4.79 Å². The fourth-order valence-electron chi connectivity index (χ4n) is 4.90. The lowest BCUT2D eigenvalue weighted by Gasteiger charge is -2.30. The number of amides is 1. The monoisotopic (exact) mass is 393 g/mol. The molecule has 4 rings (SSSR count). The van der Waals surface area contributed by atoms with E-state index in [1.807, 2.05) is 55.4 Å². The van der Waals surface area contributed by atoms with Crippen molar-refractivity contribution < 1.29 is 9.53 Å². The lowest BCUT2D eigenvalue weighted by Crippen LogP contribution is -2.35. The van der Waals surface area contributed by atoms with Crippen molar-refractivity contribution in [3.63, 3.8) is 0 Å². The van der Waals surface area contributed by atoms with Crippen LogP contribution in [0.2, 0.25) is 0 Å². The zero-order valence-electron chi connectivity index (χ0n) is 17.8. The number of ether oxygens (including phenoxy) is 1. The van der Waals surface area contributed by atoms with E-state index in [0.717, 1.165) is 43.2 Å². The van der Waals surface area contributed by atoms with E-state index in [1.165, 1.54) is 5.56 Å². The first-order valence-corrected chi connectivity index (χ1v) is 10.5. The number of anilines is 1. The van der Waals surface area contributed by atoms with E-state index in [0.29, 0.717) is 11.8 Å². The number of hydrogen-bond acceptors (Lipinski definition) is 4. The van der Waals surface area contributed by atoms with Crippen molar-refractivity contribution in [2.75, 3.05) is 52.3 Å². The van der Waals surface area contributed by atoms with Crippen LogP contribution in [0.15, 0.2) is 48.5 Å². The maximum absolute atomic E-state index is 13.5. The first-order valence-electron chi connectivity index (χ1n) is 10.5. The van der Waals surface area contributed by atoms with E-state index >= 15 is 0 Å². The van der Waals surface area contributed by atoms with Crippen molar-refractivity contribution >= 4 is 11.6 Å². The smallest absolute Gasteiger partial charge is 0.254 e. The zero-order chi connectivity index (χ0) is 20.5. The minimum absolute atomic E-state index is 0.114. The highest BCUT2D eigenvalue weighted by atomic mass is 16.5. The summed E-state index contributed by atoms with van der Waals surface area (Å²) in [4.78, 5) is 20.2. The number of carbonyl (C=O) groups excluding carboxylic acids is 1. The van der Waals surface area contributed by atoms with Crippen LogP contribution in [0.5, 0.6) is 5.75 Å². The van der Waals surface area contributed by atoms with Gasteiger partial charge in [-0.3, -0.25) is 4.79 Å². The second-order valence-corrected chi connectivity index (χ2v) is 8.39. The molecule has 0 radical (unpaired) electrons. The summed E-state index contributed by atoms with van der Waals surface area (Å²) >= 11 is 0. The molecule has 154 valence electrons. The number of benzene rings is 2. The Balaban J connectivity index is 1.64. The molecule has 29 heavy (non-hydrogen) atoms. The summed E-state index contributed by atoms with van der Waals surface area (Å²) in [5.41, 5.74) is 3.07. The first-order chi connectivity index (χ1) is 14.0. The Labute approximate surface area is 173 Å². The Hall–Kier alpha value is -2.53. The van der Waals surface area contributed by atoms with Crippen molar-refractivity contribution in [1.29, 1.82) is 0 Å². The molecule has 2 aromatic carbocycles. The largest absolute Gasteiger partial charge is 0.497 e. The molecule has 2 heterocycles. The number of methoxy groups -OCH3 is 1. The highest BCUT2D eigenvalue weighted by Gasteiger charge is 2.48. The molecule has 2 aromatic rings. The molecule has 0 saturated carbocycles. The van der Waals surface area contributed by atoms with Crippen LogP contribution in [-0.4, -0.2) is 63.1 Å². The van der Waals surface area contributed by atoms with Crippen LogP contribution in [-0.2, 0) is 0 Å². The molecule has 0 aromatic heterocycles. The van der Waals surface area contributed by atoms with Gasteiger partial charge in [-0.1, -0.05) is 19.1 Å². The molecule has 0 N–H and O–H groups in total. The summed E-state index contributed by atoms with van der Waals surface area (Å²) in [7, 11) is 5.71. The van der Waals surface area contributed by atoms with Gasteiger partial charge in [-0.25, -0.2) is 0 Å². The molecule has 2 aliphatic heterocycles. The Kier molecular flexibility index (Phi) is 5.50. The van der Waals surface area contributed by atoms with E-state index in [1.54, 1.807) is 7.11 Å². The SMILES string of the molecule is CCN1C[C@H]2CN(C(=O)c3ccc(N(C)C)cc3)[C@@H](c3ccc(OC)cc3)[C@H]2C1. The maximum atomic E-state index is 13.5. The van der Waals surface area contributed by atoms with Crippen LogP contribution in [0.25, 0.3) is 0 Å². The van der Waals surface area contributed by atoms with Gasteiger partial charge in [0.15, 0.2) is 0 Å². The van der Waals surface area contributed by atoms with Gasteiger partial charge in [0.2, 0.25) is 0 Å². The quantitative estimate of drug-likeness (QED) is 0.779. The van der Waals surface area contributed by atoms with Gasteiger partial charge in [-0.15, -0.1) is 0 Å². The van der Waals surface area contributed by atoms with Crippen LogP contribution in [0.1, 0.15) is 28.9 Å². The summed E-state index contributed by atoms with van der Waals surface area (Å²) < 4.78 is 5.33. The molecule has 0 aliphatic carbocycles. The second-order valence-electron chi connectivity index (χ2n) is 8.39. The maximum Gasteiger partial charge on any atom is 0.254 e. The van der Waals surface area contributed by atoms with Crippen molar-refractivity contribution in [2.24, 2.45) is 11.8 Å². The van der Waals surface area contributed by atoms with Crippen LogP contribution in [0.4, 0.5) is 5.69 Å². The van der Waals surface area contributed by atoms with Crippen LogP contribution < -0.4 is 9.64 Å². The molecule has 3 atom stereocenters. The van der Waals surface area contributed by atoms with Crippen molar-refractivity contribution in [3.05, 3.63) is 59.7 Å². The van der Waals surface area contributed by atoms with E-state index < -0.39 is 0 Å². The lowest BCUT2D eigenvalue weighted by atomic mass is 9.89. The average molecular weight is 394 g/mol. The minimum Gasteiger partial charge on any atom is -0.497 e. The average Bonchev–Trinajstić information content (AvgIpc) is 3.31. The molecule has 0 unspecified atom stereocenters. The highest BCUT2D eigenvalue weighted by molar-refractivity contribution is 5.95. The number of rotatable bonds is 5. The predicted molar refractivity (Wildman–Crippen MR) is 117 cm³/mol. The van der Waals surface area contributed by atoms with Crippen molar-refractivity contribution in [2.45, 2.75) is 13.0 Å². The number of nitrogens with zero attached hydrogens (tertiary/aromatic N) is 3. The number of hydrogen-bond donors (Lipinski definition) is 0. The third kappa shape index (κ3) is 3.71. The number of carbonyl (C=O) groups is 1. The van der Waals surface area contributed by atoms with Gasteiger partial charge >= 0.3 is 0 Å². The molecule has 1 amide bonds. The fourth-order valence-corrected chi connectivity index (χ4v) is 4.90. The number of likely N-dealkylation sites (tertiary alicyclic amines) is 2. The third-order valence-electron chi connectivity index (χ3n) is 6.54. The van der Waals surface area contributed by atoms with E-state index in [-0.39, 0.29) is 11.9 Å². The highest BCUT2D eigenvalue weighted by Crippen LogP contribution is 2.45. The van der Waals surface area contributed by atoms with E-state index in [2.05, 4.69) is 28.9 Å². The predicted octanol–water partition coefficient (Wildman–Crippen LogP) is 3.53. The molecule has 2 saturated heterocycles. The molecular weight excluding hydrogens is 362 g/mol. The molecule has 5 nitrogen and oxygen atoms in total. The Morgan fingerprint density at radius 1 is 1.03 bits per heavy atom. The van der Waals surface area contributed by atoms with Crippen LogP contribution in [0, 0.1) is 11.8 Å². The van der Waals surface area contributed by atoms with Gasteiger partial charge in [-0.2, -0.15) is 0 Å². The normalized spacial score (nSPS) is 23.9. The summed E-state index contributed by atoms with van der Waals surface area (Å²) in [6.07, 6.45) is 0. The van der Waals surface area contributed by atoms with Gasteiger partial charge in [0, 0.05) is 50.9 Å². The molecule has 2 aliphatic rings. The standard InChI is InChI=1S/C24H31N3O2/c1-5-26-14-19-15-27(24(28)18-6-10-20(11-7-18)25(2)3)23(22(19)16-26)17-8-12-21(29-4)13-9-17/h6-13,19,22-23H,5,14-16H2,1-4H3/t19-,22-,23-/m0/s1. The second kappa shape index (κ2) is 8.07. The van der Waals surface area contributed by atoms with Gasteiger partial charge in [0.25, 0.3) is 5.91 Å². The Morgan fingerprint density at radius 3 is 2.31 bits per heavy atom. The molecule has 0 bridgehead atoms. The number of fused-ring (bicyclic) bond motifs is 1. The van der Waals surface area contributed by atoms with Crippen molar-refractivity contribution in [3.8, 4) is 5.75 Å².